The number of nitrogens with zero attached hydrogens (tertiary/aromatic N) is 3. The van der Waals surface area contributed by atoms with Gasteiger partial charge in [-0.15, -0.1) is 0 Å². The van der Waals surface area contributed by atoms with Gasteiger partial charge < -0.3 is 10.2 Å². The quantitative estimate of drug-likeness (QED) is 0.489. The Kier molecular flexibility index (Phi) is 3.53. The average molecular weight is 261 g/mol. The van der Waals surface area contributed by atoms with Gasteiger partial charge in [-0.25, -0.2) is 5.84 Å². The summed E-state index contributed by atoms with van der Waals surface area (Å²) in [7, 11) is 0. The molecule has 1 aromatic heterocycles. The van der Waals surface area contributed by atoms with Gasteiger partial charge in [0.1, 0.15) is 5.75 Å². The van der Waals surface area contributed by atoms with Crippen LogP contribution in [0.25, 0.3) is 0 Å². The SMILES string of the molecule is Cc1cc(Oc2cncc(NN)n2)ccc1[N+](=O)[O-]. The van der Waals surface area contributed by atoms with E-state index in [0.29, 0.717) is 17.1 Å². The second-order valence-electron chi connectivity index (χ2n) is 3.69. The average Bonchev–Trinajstić information content (AvgIpc) is 2.38. The first kappa shape index (κ1) is 12.7. The number of nitrogens with one attached hydrogen (secondary N) is 1. The van der Waals surface area contributed by atoms with E-state index in [1.165, 1.54) is 24.5 Å². The fourth-order valence-corrected chi connectivity index (χ4v) is 1.48. The van der Waals surface area contributed by atoms with Crippen molar-refractivity contribution in [1.29, 1.82) is 0 Å². The highest BCUT2D eigenvalue weighted by molar-refractivity contribution is 5.45. The molecule has 19 heavy (non-hydrogen) atoms. The van der Waals surface area contributed by atoms with E-state index in [4.69, 9.17) is 10.6 Å². The molecule has 1 aromatic carbocycles. The first-order valence-electron chi connectivity index (χ1n) is 5.31. The van der Waals surface area contributed by atoms with Crippen molar-refractivity contribution in [3.05, 3.63) is 46.3 Å². The first-order chi connectivity index (χ1) is 9.10. The Labute approximate surface area is 108 Å². The van der Waals surface area contributed by atoms with Crippen LogP contribution in [-0.4, -0.2) is 14.9 Å². The molecule has 0 amide bonds. The molecule has 3 N–H and O–H groups in total. The minimum Gasteiger partial charge on any atom is -0.437 e. The molecule has 0 aliphatic heterocycles. The van der Waals surface area contributed by atoms with Crippen LogP contribution in [0.5, 0.6) is 11.6 Å². The van der Waals surface area contributed by atoms with Crippen LogP contribution in [0.1, 0.15) is 5.56 Å². The summed E-state index contributed by atoms with van der Waals surface area (Å²) in [6.07, 6.45) is 2.85. The molecule has 0 radical (unpaired) electrons. The van der Waals surface area contributed by atoms with E-state index in [2.05, 4.69) is 15.4 Å². The highest BCUT2D eigenvalue weighted by Crippen LogP contribution is 2.26. The fraction of sp³-hybridized carbons (Fsp3) is 0.0909. The molecule has 0 saturated heterocycles. The van der Waals surface area contributed by atoms with Crippen LogP contribution in [0.4, 0.5) is 11.5 Å². The third-order valence-corrected chi connectivity index (χ3v) is 2.35. The molecule has 0 saturated carbocycles. The normalized spacial score (nSPS) is 10.0. The maximum Gasteiger partial charge on any atom is 0.272 e. The number of aryl methyl sites for hydroxylation is 1. The number of hydrazine groups is 1. The maximum atomic E-state index is 10.7. The number of nitro benzene ring substituents is 1. The van der Waals surface area contributed by atoms with Crippen LogP contribution in [0.3, 0.4) is 0 Å². The molecule has 0 atom stereocenters. The van der Waals surface area contributed by atoms with Gasteiger partial charge in [0.15, 0.2) is 5.82 Å². The van der Waals surface area contributed by atoms with Crippen molar-refractivity contribution in [3.63, 3.8) is 0 Å². The highest BCUT2D eigenvalue weighted by atomic mass is 16.6. The van der Waals surface area contributed by atoms with E-state index in [1.54, 1.807) is 13.0 Å². The standard InChI is InChI=1S/C11H11N5O3/c1-7-4-8(2-3-9(7)16(17)18)19-11-6-13-5-10(14-11)15-12/h2-6H,12H2,1H3,(H,14,15). The summed E-state index contributed by atoms with van der Waals surface area (Å²) >= 11 is 0. The van der Waals surface area contributed by atoms with Crippen molar-refractivity contribution in [2.45, 2.75) is 6.92 Å². The number of hydrogen-bond acceptors (Lipinski definition) is 7. The van der Waals surface area contributed by atoms with Crippen LogP contribution in [0, 0.1) is 17.0 Å². The highest BCUT2D eigenvalue weighted by Gasteiger charge is 2.11. The number of ether oxygens (including phenoxy) is 1. The number of nitrogen functional groups attached to an aromatic ring is 1. The topological polar surface area (TPSA) is 116 Å². The van der Waals surface area contributed by atoms with E-state index in [1.807, 2.05) is 0 Å². The van der Waals surface area contributed by atoms with E-state index in [-0.39, 0.29) is 11.6 Å². The zero-order valence-corrected chi connectivity index (χ0v) is 10.0. The van der Waals surface area contributed by atoms with Gasteiger partial charge in [-0.1, -0.05) is 0 Å². The molecule has 8 nitrogen and oxygen atoms in total. The van der Waals surface area contributed by atoms with Crippen molar-refractivity contribution in [1.82, 2.24) is 9.97 Å². The number of nitro groups is 1. The lowest BCUT2D eigenvalue weighted by Crippen LogP contribution is -2.09. The Bertz CT molecular complexity index is 617. The third-order valence-electron chi connectivity index (χ3n) is 2.35. The summed E-state index contributed by atoms with van der Waals surface area (Å²) in [5.41, 5.74) is 2.89. The lowest BCUT2D eigenvalue weighted by Gasteiger charge is -2.06. The van der Waals surface area contributed by atoms with Crippen LogP contribution >= 0.6 is 0 Å². The van der Waals surface area contributed by atoms with E-state index >= 15 is 0 Å². The number of aromatic nitrogens is 2. The zero-order chi connectivity index (χ0) is 13.8. The molecule has 0 aliphatic carbocycles. The van der Waals surface area contributed by atoms with E-state index in [0.717, 1.165) is 0 Å². The van der Waals surface area contributed by atoms with Crippen molar-refractivity contribution >= 4 is 11.5 Å². The van der Waals surface area contributed by atoms with E-state index < -0.39 is 4.92 Å². The predicted octanol–water partition coefficient (Wildman–Crippen LogP) is 1.77. The molecule has 1 heterocycles. The monoisotopic (exact) mass is 261 g/mol. The Morgan fingerprint density at radius 3 is 2.84 bits per heavy atom. The molecule has 8 heteroatoms. The Hall–Kier alpha value is -2.74. The van der Waals surface area contributed by atoms with Crippen LogP contribution in [0.2, 0.25) is 0 Å². The van der Waals surface area contributed by atoms with Gasteiger partial charge in [0, 0.05) is 11.6 Å². The molecule has 2 aromatic rings. The predicted molar refractivity (Wildman–Crippen MR) is 67.7 cm³/mol. The molecule has 98 valence electrons. The van der Waals surface area contributed by atoms with Gasteiger partial charge in [0.2, 0.25) is 5.88 Å². The first-order valence-corrected chi connectivity index (χ1v) is 5.31. The summed E-state index contributed by atoms with van der Waals surface area (Å²) in [5.74, 6) is 6.24. The molecule has 0 fully saturated rings. The molecular weight excluding hydrogens is 250 g/mol. The fourth-order valence-electron chi connectivity index (χ4n) is 1.48. The third kappa shape index (κ3) is 2.93. The largest absolute Gasteiger partial charge is 0.437 e. The smallest absolute Gasteiger partial charge is 0.272 e. The van der Waals surface area contributed by atoms with Gasteiger partial charge in [-0.3, -0.25) is 15.1 Å². The lowest BCUT2D eigenvalue weighted by molar-refractivity contribution is -0.385. The number of rotatable bonds is 4. The van der Waals surface area contributed by atoms with Gasteiger partial charge in [0.05, 0.1) is 17.3 Å². The molecule has 0 aliphatic rings. The molecular formula is C11H11N5O3. The van der Waals surface area contributed by atoms with Crippen molar-refractivity contribution in [2.24, 2.45) is 5.84 Å². The second kappa shape index (κ2) is 5.27. The summed E-state index contributed by atoms with van der Waals surface area (Å²) in [6.45, 7) is 1.63. The minimum absolute atomic E-state index is 0.0378. The molecule has 2 rings (SSSR count). The Balaban J connectivity index is 2.23. The maximum absolute atomic E-state index is 10.7. The number of anilines is 1. The summed E-state index contributed by atoms with van der Waals surface area (Å²) < 4.78 is 5.44. The lowest BCUT2D eigenvalue weighted by atomic mass is 10.2. The molecule has 0 spiro atoms. The Morgan fingerprint density at radius 1 is 1.42 bits per heavy atom. The van der Waals surface area contributed by atoms with E-state index in [9.17, 15) is 10.1 Å². The van der Waals surface area contributed by atoms with Gasteiger partial charge in [-0.2, -0.15) is 4.98 Å². The van der Waals surface area contributed by atoms with Crippen LogP contribution in [0.15, 0.2) is 30.6 Å². The summed E-state index contributed by atoms with van der Waals surface area (Å²) in [5, 5.41) is 10.7. The number of nitrogens with two attached hydrogens (primary N) is 1. The van der Waals surface area contributed by atoms with Crippen molar-refractivity contribution in [2.75, 3.05) is 5.43 Å². The van der Waals surface area contributed by atoms with Crippen molar-refractivity contribution in [3.8, 4) is 11.6 Å². The summed E-state index contributed by atoms with van der Waals surface area (Å²) in [4.78, 5) is 18.1. The zero-order valence-electron chi connectivity index (χ0n) is 10.0. The van der Waals surface area contributed by atoms with Crippen molar-refractivity contribution < 1.29 is 9.66 Å². The van der Waals surface area contributed by atoms with Gasteiger partial charge in [0.25, 0.3) is 5.69 Å². The summed E-state index contributed by atoms with van der Waals surface area (Å²) in [6, 6.07) is 4.43. The van der Waals surface area contributed by atoms with Crippen LogP contribution < -0.4 is 16.0 Å². The second-order valence-corrected chi connectivity index (χ2v) is 3.69. The number of benzene rings is 1. The number of hydrogen-bond donors (Lipinski definition) is 2. The van der Waals surface area contributed by atoms with Crippen LogP contribution in [-0.2, 0) is 0 Å². The minimum atomic E-state index is -0.447. The van der Waals surface area contributed by atoms with Gasteiger partial charge >= 0.3 is 0 Å². The molecule has 0 bridgehead atoms. The molecule has 0 unspecified atom stereocenters. The Morgan fingerprint density at radius 2 is 2.21 bits per heavy atom. The van der Waals surface area contributed by atoms with Gasteiger partial charge in [-0.05, 0) is 19.1 Å².